The van der Waals surface area contributed by atoms with Crippen LogP contribution in [-0.4, -0.2) is 170 Å². The van der Waals surface area contributed by atoms with Gasteiger partial charge in [0.1, 0.15) is 47.8 Å². The number of aliphatic hydroxyl groups is 2. The van der Waals surface area contributed by atoms with Crippen molar-refractivity contribution in [2.75, 3.05) is 37.9 Å². The zero-order chi connectivity index (χ0) is 59.8. The van der Waals surface area contributed by atoms with E-state index in [0.29, 0.717) is 35.0 Å². The van der Waals surface area contributed by atoms with E-state index in [1.807, 2.05) is 40.7 Å². The maximum absolute atomic E-state index is 14.9. The SMILES string of the molecule is CC[C@H](C)[C@@H]1NC(=O)[C@H](CC(C)C)NC(=O)C2(CCOCC2)NC(=O)[C@@H](NC(=O)[C@@H](CC(C)C)NC(=O)[C@H](CO)NC(=O)[C@@H]2C[C@@H](O)CN2C(=O)CCc2c[nH]c3ccc(Cl)cc23)CSCc2cccc(n2)CSC[C@@H](C(N)=O)NC1=O. The van der Waals surface area contributed by atoms with Crippen molar-refractivity contribution in [3.05, 3.63) is 64.6 Å². The fourth-order valence-corrected chi connectivity index (χ4v) is 12.2. The number of β-amino-alcohol motifs (C(OH)–C–C–N with tert-alkyl or cyclic N) is 1. The smallest absolute Gasteiger partial charge is 0.246 e. The van der Waals surface area contributed by atoms with E-state index in [1.165, 1.54) is 28.4 Å². The molecule has 82 heavy (non-hydrogen) atoms. The lowest BCUT2D eigenvalue weighted by Crippen LogP contribution is -2.67. The number of ether oxygens (including phenoxy) is 1. The number of aromatic nitrogens is 2. The van der Waals surface area contributed by atoms with Gasteiger partial charge in [-0.2, -0.15) is 23.5 Å². The average Bonchev–Trinajstić information content (AvgIpc) is 4.16. The van der Waals surface area contributed by atoms with E-state index in [2.05, 4.69) is 42.2 Å². The Morgan fingerprint density at radius 1 is 0.890 bits per heavy atom. The number of H-pyrrole nitrogens is 1. The summed E-state index contributed by atoms with van der Waals surface area (Å²) in [4.78, 5) is 136. The molecule has 3 aliphatic heterocycles. The van der Waals surface area contributed by atoms with Crippen LogP contribution < -0.4 is 43.0 Å². The molecule has 0 radical (unpaired) electrons. The predicted octanol–water partition coefficient (Wildman–Crippen LogP) is 1.48. The van der Waals surface area contributed by atoms with Crippen LogP contribution in [0.2, 0.25) is 5.02 Å². The number of nitrogens with two attached hydrogens (primary N) is 1. The number of fused-ring (bicyclic) bond motifs is 3. The third kappa shape index (κ3) is 18.0. The molecule has 2 aromatic heterocycles. The van der Waals surface area contributed by atoms with Crippen molar-refractivity contribution in [3.63, 3.8) is 0 Å². The number of carbonyl (C=O) groups excluding carboxylic acids is 9. The van der Waals surface area contributed by atoms with Crippen LogP contribution in [0.3, 0.4) is 0 Å². The lowest BCUT2D eigenvalue weighted by Gasteiger charge is -2.39. The first-order chi connectivity index (χ1) is 39.0. The molecular formula is C56H80ClN11O12S2. The van der Waals surface area contributed by atoms with Crippen LogP contribution >= 0.6 is 35.1 Å². The Morgan fingerprint density at radius 2 is 1.59 bits per heavy atom. The largest absolute Gasteiger partial charge is 0.394 e. The molecule has 26 heteroatoms. The van der Waals surface area contributed by atoms with E-state index >= 15 is 0 Å². The Balaban J connectivity index is 1.22. The van der Waals surface area contributed by atoms with Crippen molar-refractivity contribution in [2.45, 2.75) is 158 Å². The van der Waals surface area contributed by atoms with Crippen LogP contribution in [0.5, 0.6) is 0 Å². The maximum Gasteiger partial charge on any atom is 0.246 e. The Morgan fingerprint density at radius 3 is 2.23 bits per heavy atom. The highest BCUT2D eigenvalue weighted by atomic mass is 35.5. The molecule has 12 N–H and O–H groups in total. The first kappa shape index (κ1) is 65.2. The minimum absolute atomic E-state index is 0.00475. The molecule has 23 nitrogen and oxygen atoms in total. The number of rotatable bonds is 17. The Kier molecular flexibility index (Phi) is 24.3. The summed E-state index contributed by atoms with van der Waals surface area (Å²) in [5.74, 6) is -6.56. The molecule has 0 saturated carbocycles. The van der Waals surface area contributed by atoms with Gasteiger partial charge in [-0.1, -0.05) is 65.6 Å². The topological polar surface area (TPSA) is 345 Å². The molecule has 2 saturated heterocycles. The number of aromatic amines is 1. The molecule has 2 bridgehead atoms. The molecule has 6 rings (SSSR count). The Bertz CT molecular complexity index is 2760. The average molecular weight is 1200 g/mol. The van der Waals surface area contributed by atoms with Crippen LogP contribution in [0, 0.1) is 17.8 Å². The number of likely N-dealkylation sites (tertiary alicyclic amines) is 1. The third-order valence-electron chi connectivity index (χ3n) is 14.9. The Hall–Kier alpha value is -5.99. The second-order valence-corrected chi connectivity index (χ2v) is 24.8. The highest BCUT2D eigenvalue weighted by Gasteiger charge is 2.45. The van der Waals surface area contributed by atoms with Crippen LogP contribution in [0.1, 0.15) is 103 Å². The van der Waals surface area contributed by atoms with Crippen molar-refractivity contribution in [2.24, 2.45) is 23.5 Å². The summed E-state index contributed by atoms with van der Waals surface area (Å²) in [7, 11) is 0. The summed E-state index contributed by atoms with van der Waals surface area (Å²) < 4.78 is 5.66. The second kappa shape index (κ2) is 30.5. The van der Waals surface area contributed by atoms with Gasteiger partial charge in [0.15, 0.2) is 0 Å². The highest BCUT2D eigenvalue weighted by molar-refractivity contribution is 7.98. The van der Waals surface area contributed by atoms with Gasteiger partial charge in [-0.3, -0.25) is 48.1 Å². The number of nitrogens with zero attached hydrogens (tertiary/aromatic N) is 2. The van der Waals surface area contributed by atoms with E-state index in [4.69, 9.17) is 27.1 Å². The summed E-state index contributed by atoms with van der Waals surface area (Å²) in [5.41, 5.74) is 7.07. The van der Waals surface area contributed by atoms with Crippen molar-refractivity contribution in [1.29, 1.82) is 0 Å². The summed E-state index contributed by atoms with van der Waals surface area (Å²) in [5, 5.41) is 41.9. The molecular weight excluding hydrogens is 1120 g/mol. The number of amides is 9. The number of halogens is 1. The summed E-state index contributed by atoms with van der Waals surface area (Å²) in [6.07, 6.45) is 1.56. The van der Waals surface area contributed by atoms with Gasteiger partial charge in [0, 0.05) is 90.6 Å². The number of pyridine rings is 1. The third-order valence-corrected chi connectivity index (χ3v) is 17.3. The van der Waals surface area contributed by atoms with Crippen LogP contribution in [0.25, 0.3) is 10.9 Å². The monoisotopic (exact) mass is 1200 g/mol. The number of primary amides is 1. The molecule has 3 aromatic rings. The first-order valence-electron chi connectivity index (χ1n) is 28.0. The molecule has 9 amide bonds. The van der Waals surface area contributed by atoms with Crippen molar-refractivity contribution >= 4 is 99.2 Å². The van der Waals surface area contributed by atoms with E-state index in [9.17, 15) is 53.4 Å². The summed E-state index contributed by atoms with van der Waals surface area (Å²) in [6.45, 7) is 10.0. The molecule has 5 heterocycles. The summed E-state index contributed by atoms with van der Waals surface area (Å²) in [6, 6.07) is 1.91. The van der Waals surface area contributed by atoms with Gasteiger partial charge in [0.25, 0.3) is 0 Å². The van der Waals surface area contributed by atoms with Crippen LogP contribution in [0.4, 0.5) is 0 Å². The Labute approximate surface area is 491 Å². The number of thioether (sulfide) groups is 2. The number of nitrogens with one attached hydrogen (secondary N) is 8. The van der Waals surface area contributed by atoms with Gasteiger partial charge in [-0.25, -0.2) is 0 Å². The van der Waals surface area contributed by atoms with E-state index < -0.39 is 120 Å². The van der Waals surface area contributed by atoms with Crippen LogP contribution in [-0.2, 0) is 65.8 Å². The zero-order valence-electron chi connectivity index (χ0n) is 47.3. The minimum atomic E-state index is -1.65. The second-order valence-electron chi connectivity index (χ2n) is 22.3. The van der Waals surface area contributed by atoms with Gasteiger partial charge >= 0.3 is 0 Å². The van der Waals surface area contributed by atoms with Crippen molar-refractivity contribution in [1.82, 2.24) is 52.1 Å². The number of hydrogen-bond acceptors (Lipinski definition) is 15. The molecule has 0 aliphatic carbocycles. The fourth-order valence-electron chi connectivity index (χ4n) is 10.1. The maximum atomic E-state index is 14.9. The van der Waals surface area contributed by atoms with E-state index in [0.717, 1.165) is 16.5 Å². The highest BCUT2D eigenvalue weighted by Crippen LogP contribution is 2.27. The lowest BCUT2D eigenvalue weighted by molar-refractivity contribution is -0.141. The van der Waals surface area contributed by atoms with Crippen molar-refractivity contribution < 1.29 is 58.1 Å². The van der Waals surface area contributed by atoms with Crippen LogP contribution in [0.15, 0.2) is 42.6 Å². The van der Waals surface area contributed by atoms with Gasteiger partial charge in [-0.05, 0) is 72.9 Å². The molecule has 450 valence electrons. The number of hydrogen-bond donors (Lipinski definition) is 11. The van der Waals surface area contributed by atoms with E-state index in [1.54, 1.807) is 43.5 Å². The molecule has 3 aliphatic rings. The number of aliphatic hydroxyl groups excluding tert-OH is 2. The molecule has 9 atom stereocenters. The number of benzene rings is 1. The van der Waals surface area contributed by atoms with E-state index in [-0.39, 0.29) is 87.4 Å². The van der Waals surface area contributed by atoms with Gasteiger partial charge in [-0.15, -0.1) is 0 Å². The first-order valence-corrected chi connectivity index (χ1v) is 30.7. The number of aryl methyl sites for hydroxylation is 1. The standard InChI is InChI=1S/C56H80ClN11O12S2/c1-7-32(6)47-54(78)63-43(48(58)72)28-81-26-35-9-8-10-36(60-35)27-82-29-44(52(76)67-56(15-17-80-18-16-56)55(79)65-41(20-31(4)5)50(74)66-47)64-49(73)40(19-30(2)3)61-51(75)42(25-69)62-53(77)45-22-37(70)24-68(45)46(71)14-11-33-23-59-39-13-12-34(57)21-38(33)39/h8-10,12-13,21,23,30-32,37,40-45,47,59,69-70H,7,11,14-20,22,24-29H2,1-6H3,(H2,58,72)(H,61,75)(H,62,77)(H,63,78)(H,64,73)(H,65,79)(H,66,74)(H,67,76)/t32-,37+,40+,41-,42-,43-,44-,45-,47-/m0/s1. The quantitative estimate of drug-likeness (QED) is 0.0912. The summed E-state index contributed by atoms with van der Waals surface area (Å²) >= 11 is 8.79. The molecule has 1 spiro atoms. The minimum Gasteiger partial charge on any atom is -0.394 e. The van der Waals surface area contributed by atoms with Gasteiger partial charge in [0.2, 0.25) is 53.2 Å². The fraction of sp³-hybridized carbons (Fsp3) is 0.607. The molecule has 2 fully saturated rings. The number of carbonyl (C=O) groups is 9. The zero-order valence-corrected chi connectivity index (χ0v) is 49.7. The molecule has 1 aromatic carbocycles. The van der Waals surface area contributed by atoms with Gasteiger partial charge in [0.05, 0.1) is 24.1 Å². The normalized spacial score (nSPS) is 23.5. The molecule has 0 unspecified atom stereocenters. The van der Waals surface area contributed by atoms with Gasteiger partial charge < -0.3 is 67.8 Å². The predicted molar refractivity (Wildman–Crippen MR) is 311 cm³/mol. The lowest BCUT2D eigenvalue weighted by atomic mass is 9.87. The van der Waals surface area contributed by atoms with Crippen molar-refractivity contribution in [3.8, 4) is 0 Å².